The van der Waals surface area contributed by atoms with E-state index in [-0.39, 0.29) is 17.3 Å². The largest absolute Gasteiger partial charge is 0.368 e. The van der Waals surface area contributed by atoms with Gasteiger partial charge in [-0.15, -0.1) is 0 Å². The Bertz CT molecular complexity index is 1000. The monoisotopic (exact) mass is 447 g/mol. The molecule has 1 N–H and O–H groups in total. The number of aliphatic imine (C=N–C) groups is 1. The molecular weight excluding hydrogens is 417 g/mol. The number of hydrogen-bond acceptors (Lipinski definition) is 4. The molecule has 0 atom stereocenters. The van der Waals surface area contributed by atoms with Gasteiger partial charge in [-0.25, -0.2) is 22.1 Å². The molecule has 9 heteroatoms. The summed E-state index contributed by atoms with van der Waals surface area (Å²) in [6, 6.07) is 13.5. The third-order valence-corrected chi connectivity index (χ3v) is 7.15. The maximum absolute atomic E-state index is 13.2. The standard InChI is InChI=1S/C22H30FN5O2S/c1-4-24-22(25-17-18-7-5-6-8-21(18)31(29,30)26(2)3)28-15-13-27(14-16-28)20-11-9-19(23)10-12-20/h5-12H,4,13-17H2,1-3H3,(H,24,25). The first kappa shape index (κ1) is 23.0. The van der Waals surface area contributed by atoms with Crippen molar-refractivity contribution in [3.8, 4) is 0 Å². The smallest absolute Gasteiger partial charge is 0.242 e. The molecule has 1 fully saturated rings. The van der Waals surface area contributed by atoms with Crippen LogP contribution in [0.2, 0.25) is 0 Å². The number of nitrogens with one attached hydrogen (secondary N) is 1. The summed E-state index contributed by atoms with van der Waals surface area (Å²) in [5, 5.41) is 3.31. The molecule has 7 nitrogen and oxygen atoms in total. The number of rotatable bonds is 6. The maximum Gasteiger partial charge on any atom is 0.242 e. The summed E-state index contributed by atoms with van der Waals surface area (Å²) in [4.78, 5) is 9.40. The summed E-state index contributed by atoms with van der Waals surface area (Å²) < 4.78 is 39.7. The van der Waals surface area contributed by atoms with Gasteiger partial charge in [-0.05, 0) is 42.8 Å². The zero-order chi connectivity index (χ0) is 22.4. The molecule has 2 aromatic carbocycles. The van der Waals surface area contributed by atoms with Crippen LogP contribution in [0.25, 0.3) is 0 Å². The lowest BCUT2D eigenvalue weighted by Crippen LogP contribution is -2.52. The second-order valence-corrected chi connectivity index (χ2v) is 9.64. The van der Waals surface area contributed by atoms with Crippen molar-refractivity contribution in [2.45, 2.75) is 18.4 Å². The van der Waals surface area contributed by atoms with Crippen LogP contribution >= 0.6 is 0 Å². The molecule has 0 saturated carbocycles. The first-order valence-electron chi connectivity index (χ1n) is 10.4. The highest BCUT2D eigenvalue weighted by atomic mass is 32.2. The van der Waals surface area contributed by atoms with Gasteiger partial charge in [-0.1, -0.05) is 18.2 Å². The van der Waals surface area contributed by atoms with Crippen LogP contribution in [0.4, 0.5) is 10.1 Å². The normalized spacial score (nSPS) is 15.5. The molecule has 1 aliphatic heterocycles. The van der Waals surface area contributed by atoms with Gasteiger partial charge in [0.1, 0.15) is 5.82 Å². The molecule has 1 saturated heterocycles. The van der Waals surface area contributed by atoms with Crippen molar-refractivity contribution in [2.75, 3.05) is 51.7 Å². The van der Waals surface area contributed by atoms with E-state index in [0.29, 0.717) is 12.1 Å². The number of nitrogens with zero attached hydrogens (tertiary/aromatic N) is 4. The lowest BCUT2D eigenvalue weighted by atomic mass is 10.2. The van der Waals surface area contributed by atoms with E-state index in [1.165, 1.54) is 30.5 Å². The van der Waals surface area contributed by atoms with Crippen LogP contribution in [0, 0.1) is 5.82 Å². The minimum atomic E-state index is -3.54. The Morgan fingerprint density at radius 1 is 1.06 bits per heavy atom. The molecule has 0 aromatic heterocycles. The van der Waals surface area contributed by atoms with Crippen LogP contribution in [-0.2, 0) is 16.6 Å². The fourth-order valence-electron chi connectivity index (χ4n) is 3.50. The molecule has 0 unspecified atom stereocenters. The van der Waals surface area contributed by atoms with E-state index in [4.69, 9.17) is 4.99 Å². The Labute approximate surface area is 184 Å². The number of sulfonamides is 1. The number of guanidine groups is 1. The molecule has 1 aliphatic rings. The SMILES string of the molecule is CCNC(=NCc1ccccc1S(=O)(=O)N(C)C)N1CCN(c2ccc(F)cc2)CC1. The highest BCUT2D eigenvalue weighted by Gasteiger charge is 2.22. The van der Waals surface area contributed by atoms with Crippen molar-refractivity contribution in [3.05, 3.63) is 59.9 Å². The van der Waals surface area contributed by atoms with Gasteiger partial charge in [0, 0.05) is 52.5 Å². The lowest BCUT2D eigenvalue weighted by Gasteiger charge is -2.37. The quantitative estimate of drug-likeness (QED) is 0.544. The third-order valence-electron chi connectivity index (χ3n) is 5.24. The maximum atomic E-state index is 13.2. The van der Waals surface area contributed by atoms with Crippen molar-refractivity contribution >= 4 is 21.7 Å². The van der Waals surface area contributed by atoms with E-state index in [1.807, 2.05) is 13.0 Å². The number of anilines is 1. The van der Waals surface area contributed by atoms with Gasteiger partial charge in [0.2, 0.25) is 10.0 Å². The predicted molar refractivity (Wildman–Crippen MR) is 122 cm³/mol. The molecule has 0 amide bonds. The van der Waals surface area contributed by atoms with Crippen LogP contribution < -0.4 is 10.2 Å². The fraction of sp³-hybridized carbons (Fsp3) is 0.409. The minimum absolute atomic E-state index is 0.236. The van der Waals surface area contributed by atoms with E-state index < -0.39 is 10.0 Å². The van der Waals surface area contributed by atoms with Gasteiger partial charge in [-0.3, -0.25) is 0 Å². The van der Waals surface area contributed by atoms with E-state index in [1.54, 1.807) is 30.3 Å². The number of benzene rings is 2. The summed E-state index contributed by atoms with van der Waals surface area (Å²) >= 11 is 0. The number of piperazine rings is 1. The fourth-order valence-corrected chi connectivity index (χ4v) is 4.60. The van der Waals surface area contributed by atoms with Crippen molar-refractivity contribution < 1.29 is 12.8 Å². The Hall–Kier alpha value is -2.65. The van der Waals surface area contributed by atoms with E-state index in [2.05, 4.69) is 15.1 Å². The molecule has 2 aromatic rings. The minimum Gasteiger partial charge on any atom is -0.368 e. The van der Waals surface area contributed by atoms with Crippen molar-refractivity contribution in [1.29, 1.82) is 0 Å². The lowest BCUT2D eigenvalue weighted by molar-refractivity contribution is 0.372. The first-order chi connectivity index (χ1) is 14.8. The van der Waals surface area contributed by atoms with Crippen LogP contribution in [0.1, 0.15) is 12.5 Å². The summed E-state index contributed by atoms with van der Waals surface area (Å²) in [5.74, 6) is 0.527. The van der Waals surface area contributed by atoms with Crippen molar-refractivity contribution in [2.24, 2.45) is 4.99 Å². The molecular formula is C22H30FN5O2S. The van der Waals surface area contributed by atoms with Gasteiger partial charge < -0.3 is 15.1 Å². The van der Waals surface area contributed by atoms with Crippen LogP contribution in [0.15, 0.2) is 58.4 Å². The third kappa shape index (κ3) is 5.54. The molecule has 0 spiro atoms. The zero-order valence-corrected chi connectivity index (χ0v) is 19.1. The Kier molecular flexibility index (Phi) is 7.50. The highest BCUT2D eigenvalue weighted by molar-refractivity contribution is 7.89. The molecule has 0 radical (unpaired) electrons. The Balaban J connectivity index is 1.73. The van der Waals surface area contributed by atoms with Crippen molar-refractivity contribution in [3.63, 3.8) is 0 Å². The highest BCUT2D eigenvalue weighted by Crippen LogP contribution is 2.20. The van der Waals surface area contributed by atoms with Crippen LogP contribution in [-0.4, -0.2) is 70.4 Å². The average molecular weight is 448 g/mol. The molecule has 1 heterocycles. The second-order valence-electron chi connectivity index (χ2n) is 7.52. The van der Waals surface area contributed by atoms with Gasteiger partial charge in [0.15, 0.2) is 5.96 Å². The van der Waals surface area contributed by atoms with Crippen LogP contribution in [0.5, 0.6) is 0 Å². The molecule has 3 rings (SSSR count). The number of halogens is 1. The van der Waals surface area contributed by atoms with Crippen LogP contribution in [0.3, 0.4) is 0 Å². The molecule has 0 aliphatic carbocycles. The van der Waals surface area contributed by atoms with E-state index in [0.717, 1.165) is 37.8 Å². The Morgan fingerprint density at radius 2 is 1.71 bits per heavy atom. The van der Waals surface area contributed by atoms with Crippen molar-refractivity contribution in [1.82, 2.24) is 14.5 Å². The Morgan fingerprint density at radius 3 is 2.32 bits per heavy atom. The molecule has 168 valence electrons. The summed E-state index contributed by atoms with van der Waals surface area (Å²) in [6.07, 6.45) is 0. The van der Waals surface area contributed by atoms with E-state index >= 15 is 0 Å². The van der Waals surface area contributed by atoms with Gasteiger partial charge in [0.05, 0.1) is 11.4 Å². The van der Waals surface area contributed by atoms with Gasteiger partial charge >= 0.3 is 0 Å². The number of hydrogen-bond donors (Lipinski definition) is 1. The first-order valence-corrected chi connectivity index (χ1v) is 11.8. The molecule has 31 heavy (non-hydrogen) atoms. The summed E-state index contributed by atoms with van der Waals surface area (Å²) in [5.41, 5.74) is 1.67. The van der Waals surface area contributed by atoms with Gasteiger partial charge in [-0.2, -0.15) is 0 Å². The zero-order valence-electron chi connectivity index (χ0n) is 18.3. The topological polar surface area (TPSA) is 68.2 Å². The van der Waals surface area contributed by atoms with E-state index in [9.17, 15) is 12.8 Å². The molecule has 0 bridgehead atoms. The predicted octanol–water partition coefficient (Wildman–Crippen LogP) is 2.36. The summed E-state index contributed by atoms with van der Waals surface area (Å²) in [6.45, 7) is 6.11. The average Bonchev–Trinajstić information content (AvgIpc) is 2.77. The summed E-state index contributed by atoms with van der Waals surface area (Å²) in [7, 11) is -0.481. The second kappa shape index (κ2) is 10.1. The van der Waals surface area contributed by atoms with Gasteiger partial charge in [0.25, 0.3) is 0 Å².